The molecule has 0 bridgehead atoms. The van der Waals surface area contributed by atoms with Gasteiger partial charge in [0.15, 0.2) is 0 Å². The number of fused-ring (bicyclic) bond motifs is 1. The number of aromatic amines is 1. The highest BCUT2D eigenvalue weighted by Crippen LogP contribution is 2.38. The Kier molecular flexibility index (Phi) is 4.61. The highest BCUT2D eigenvalue weighted by atomic mass is 19.1. The van der Waals surface area contributed by atoms with Crippen LogP contribution in [0.3, 0.4) is 0 Å². The third kappa shape index (κ3) is 3.30. The van der Waals surface area contributed by atoms with Gasteiger partial charge in [-0.15, -0.1) is 0 Å². The van der Waals surface area contributed by atoms with Gasteiger partial charge in [-0.3, -0.25) is 0 Å². The van der Waals surface area contributed by atoms with E-state index in [1.165, 1.54) is 18.9 Å². The predicted octanol–water partition coefficient (Wildman–Crippen LogP) is 2.94. The summed E-state index contributed by atoms with van der Waals surface area (Å²) in [6, 6.07) is 3.46. The fourth-order valence-corrected chi connectivity index (χ4v) is 4.41. The predicted molar refractivity (Wildman–Crippen MR) is 101 cm³/mol. The van der Waals surface area contributed by atoms with E-state index >= 15 is 0 Å². The molecule has 3 N–H and O–H groups in total. The van der Waals surface area contributed by atoms with Crippen LogP contribution >= 0.6 is 0 Å². The maximum absolute atomic E-state index is 13.7. The van der Waals surface area contributed by atoms with Gasteiger partial charge in [-0.2, -0.15) is 0 Å². The molecule has 6 heteroatoms. The van der Waals surface area contributed by atoms with Crippen LogP contribution in [0.4, 0.5) is 9.18 Å². The molecular weight excluding hydrogens is 331 g/mol. The maximum atomic E-state index is 13.7. The number of hydrogen-bond donors (Lipinski definition) is 3. The van der Waals surface area contributed by atoms with E-state index in [2.05, 4.69) is 15.6 Å². The third-order valence-electron chi connectivity index (χ3n) is 6.11. The second-order valence-electron chi connectivity index (χ2n) is 7.86. The van der Waals surface area contributed by atoms with Crippen molar-refractivity contribution in [2.24, 2.45) is 5.41 Å². The number of hydrogen-bond acceptors (Lipinski definition) is 2. The quantitative estimate of drug-likeness (QED) is 0.790. The summed E-state index contributed by atoms with van der Waals surface area (Å²) in [4.78, 5) is 17.6. The van der Waals surface area contributed by atoms with Gasteiger partial charge >= 0.3 is 6.03 Å². The monoisotopic (exact) mass is 358 g/mol. The number of halogens is 1. The van der Waals surface area contributed by atoms with Crippen molar-refractivity contribution in [2.45, 2.75) is 32.6 Å². The van der Waals surface area contributed by atoms with Crippen LogP contribution in [0.5, 0.6) is 0 Å². The molecular formula is C20H27FN4O. The van der Waals surface area contributed by atoms with Crippen molar-refractivity contribution >= 4 is 16.9 Å². The lowest BCUT2D eigenvalue weighted by atomic mass is 9.78. The molecule has 140 valence electrons. The van der Waals surface area contributed by atoms with E-state index < -0.39 is 0 Å². The molecule has 1 spiro atoms. The Labute approximate surface area is 153 Å². The van der Waals surface area contributed by atoms with Crippen molar-refractivity contribution in [3.05, 3.63) is 35.3 Å². The number of nitrogens with zero attached hydrogens (tertiary/aromatic N) is 1. The lowest BCUT2D eigenvalue weighted by Gasteiger charge is -2.33. The Morgan fingerprint density at radius 2 is 2.12 bits per heavy atom. The molecule has 1 aromatic carbocycles. The van der Waals surface area contributed by atoms with Crippen molar-refractivity contribution in [2.75, 3.05) is 32.7 Å². The van der Waals surface area contributed by atoms with Crippen molar-refractivity contribution in [3.8, 4) is 0 Å². The minimum Gasteiger partial charge on any atom is -0.361 e. The first kappa shape index (κ1) is 17.3. The number of rotatable bonds is 3. The molecule has 2 saturated heterocycles. The number of likely N-dealkylation sites (tertiary alicyclic amines) is 1. The second kappa shape index (κ2) is 6.91. The maximum Gasteiger partial charge on any atom is 0.317 e. The smallest absolute Gasteiger partial charge is 0.317 e. The molecule has 0 aliphatic carbocycles. The van der Waals surface area contributed by atoms with Gasteiger partial charge in [0.05, 0.1) is 0 Å². The molecule has 2 fully saturated rings. The molecule has 2 aromatic rings. The zero-order chi connectivity index (χ0) is 18.1. The van der Waals surface area contributed by atoms with Gasteiger partial charge in [-0.05, 0) is 74.4 Å². The van der Waals surface area contributed by atoms with Crippen LogP contribution in [-0.4, -0.2) is 48.6 Å². The minimum absolute atomic E-state index is 0.0440. The number of nitrogens with one attached hydrogen (secondary N) is 3. The number of carbonyl (C=O) groups is 1. The molecule has 1 aromatic heterocycles. The van der Waals surface area contributed by atoms with Crippen LogP contribution in [0.15, 0.2) is 18.3 Å². The van der Waals surface area contributed by atoms with E-state index in [4.69, 9.17) is 0 Å². The van der Waals surface area contributed by atoms with Crippen LogP contribution in [0, 0.1) is 18.2 Å². The van der Waals surface area contributed by atoms with Gasteiger partial charge < -0.3 is 20.5 Å². The molecule has 0 saturated carbocycles. The Morgan fingerprint density at radius 1 is 1.31 bits per heavy atom. The summed E-state index contributed by atoms with van der Waals surface area (Å²) in [6.45, 7) is 6.24. The topological polar surface area (TPSA) is 60.2 Å². The van der Waals surface area contributed by atoms with Gasteiger partial charge in [0.2, 0.25) is 0 Å². The molecule has 2 aliphatic heterocycles. The summed E-state index contributed by atoms with van der Waals surface area (Å²) in [6.07, 6.45) is 6.11. The molecule has 0 radical (unpaired) electrons. The number of carbonyl (C=O) groups excluding carboxylic acids is 1. The molecule has 2 amide bonds. The molecule has 5 nitrogen and oxygen atoms in total. The zero-order valence-electron chi connectivity index (χ0n) is 15.3. The van der Waals surface area contributed by atoms with E-state index in [0.717, 1.165) is 55.5 Å². The van der Waals surface area contributed by atoms with E-state index in [1.807, 2.05) is 17.2 Å². The Morgan fingerprint density at radius 3 is 2.92 bits per heavy atom. The van der Waals surface area contributed by atoms with E-state index in [0.29, 0.717) is 17.5 Å². The van der Waals surface area contributed by atoms with Crippen LogP contribution in [0.25, 0.3) is 10.9 Å². The fourth-order valence-electron chi connectivity index (χ4n) is 4.41. The van der Waals surface area contributed by atoms with Crippen molar-refractivity contribution in [1.29, 1.82) is 0 Å². The molecule has 26 heavy (non-hydrogen) atoms. The first-order chi connectivity index (χ1) is 12.6. The standard InChI is InChI=1S/C20H27FN4O/c1-14-10-16-15(12-24-18(16)11-17(14)21)2-6-23-19(26)25-9-5-20(13-25)3-7-22-8-4-20/h10-12,22,24H,2-9,13H2,1H3,(H,23,26). The van der Waals surface area contributed by atoms with E-state index in [9.17, 15) is 9.18 Å². The van der Waals surface area contributed by atoms with Crippen LogP contribution in [0.1, 0.15) is 30.4 Å². The van der Waals surface area contributed by atoms with Crippen molar-refractivity contribution < 1.29 is 9.18 Å². The Hall–Kier alpha value is -2.08. The number of H-pyrrole nitrogens is 1. The minimum atomic E-state index is -0.194. The second-order valence-corrected chi connectivity index (χ2v) is 7.86. The number of urea groups is 1. The number of benzene rings is 1. The zero-order valence-corrected chi connectivity index (χ0v) is 15.3. The summed E-state index contributed by atoms with van der Waals surface area (Å²) in [7, 11) is 0. The third-order valence-corrected chi connectivity index (χ3v) is 6.11. The number of amides is 2. The Balaban J connectivity index is 1.32. The van der Waals surface area contributed by atoms with Crippen LogP contribution in [0.2, 0.25) is 0 Å². The van der Waals surface area contributed by atoms with Gasteiger partial charge in [-0.1, -0.05) is 0 Å². The summed E-state index contributed by atoms with van der Waals surface area (Å²) < 4.78 is 13.7. The summed E-state index contributed by atoms with van der Waals surface area (Å²) in [5.41, 5.74) is 2.90. The lowest BCUT2D eigenvalue weighted by molar-refractivity contribution is 0.183. The molecule has 4 rings (SSSR count). The number of aryl methyl sites for hydroxylation is 1. The largest absolute Gasteiger partial charge is 0.361 e. The highest BCUT2D eigenvalue weighted by Gasteiger charge is 2.40. The van der Waals surface area contributed by atoms with E-state index in [-0.39, 0.29) is 11.8 Å². The van der Waals surface area contributed by atoms with Gasteiger partial charge in [0.25, 0.3) is 0 Å². The van der Waals surface area contributed by atoms with Crippen molar-refractivity contribution in [3.63, 3.8) is 0 Å². The summed E-state index contributed by atoms with van der Waals surface area (Å²) >= 11 is 0. The van der Waals surface area contributed by atoms with E-state index in [1.54, 1.807) is 6.92 Å². The molecule has 2 aliphatic rings. The first-order valence-electron chi connectivity index (χ1n) is 9.56. The lowest BCUT2D eigenvalue weighted by Crippen LogP contribution is -2.43. The summed E-state index contributed by atoms with van der Waals surface area (Å²) in [5, 5.41) is 7.50. The molecule has 0 unspecified atom stereocenters. The van der Waals surface area contributed by atoms with Gasteiger partial charge in [0, 0.05) is 36.7 Å². The molecule has 3 heterocycles. The van der Waals surface area contributed by atoms with Crippen molar-refractivity contribution in [1.82, 2.24) is 20.5 Å². The Bertz CT molecular complexity index is 809. The first-order valence-corrected chi connectivity index (χ1v) is 9.56. The fraction of sp³-hybridized carbons (Fsp3) is 0.550. The summed E-state index contributed by atoms with van der Waals surface area (Å²) in [5.74, 6) is -0.194. The van der Waals surface area contributed by atoms with Gasteiger partial charge in [-0.25, -0.2) is 9.18 Å². The van der Waals surface area contributed by atoms with Crippen LogP contribution < -0.4 is 10.6 Å². The SMILES string of the molecule is Cc1cc2c(CCNC(=O)N3CCC4(CCNCC4)C3)c[nH]c2cc1F. The van der Waals surface area contributed by atoms with Crippen LogP contribution in [-0.2, 0) is 6.42 Å². The number of aromatic nitrogens is 1. The molecule has 0 atom stereocenters. The van der Waals surface area contributed by atoms with Gasteiger partial charge in [0.1, 0.15) is 5.82 Å². The average Bonchev–Trinajstić information content (AvgIpc) is 3.21. The number of piperidine rings is 1. The highest BCUT2D eigenvalue weighted by molar-refractivity contribution is 5.84. The average molecular weight is 358 g/mol. The normalized spacial score (nSPS) is 19.4.